The van der Waals surface area contributed by atoms with Gasteiger partial charge in [-0.3, -0.25) is 4.79 Å². The van der Waals surface area contributed by atoms with Gasteiger partial charge in [0.1, 0.15) is 11.6 Å². The summed E-state index contributed by atoms with van der Waals surface area (Å²) < 4.78 is 19.7. The number of aryl methyl sites for hydroxylation is 1. The second kappa shape index (κ2) is 5.69. The zero-order valence-corrected chi connectivity index (χ0v) is 11.4. The number of halogens is 2. The van der Waals surface area contributed by atoms with Crippen LogP contribution in [0.1, 0.15) is 31.2 Å². The van der Waals surface area contributed by atoms with Crippen LogP contribution < -0.4 is 4.74 Å². The van der Waals surface area contributed by atoms with Crippen molar-refractivity contribution in [2.75, 3.05) is 0 Å². The Bertz CT molecular complexity index is 458. The van der Waals surface area contributed by atoms with E-state index in [1.807, 2.05) is 0 Å². The van der Waals surface area contributed by atoms with Gasteiger partial charge in [-0.15, -0.1) is 0 Å². The van der Waals surface area contributed by atoms with Crippen LogP contribution in [0.4, 0.5) is 4.39 Å². The Morgan fingerprint density at radius 1 is 1.50 bits per heavy atom. The molecule has 2 rings (SSSR count). The second-order valence-corrected chi connectivity index (χ2v) is 5.29. The number of carbonyl (C=O) groups is 1. The van der Waals surface area contributed by atoms with Crippen molar-refractivity contribution in [3.8, 4) is 5.75 Å². The van der Waals surface area contributed by atoms with Gasteiger partial charge in [0, 0.05) is 6.42 Å². The van der Waals surface area contributed by atoms with E-state index in [4.69, 9.17) is 9.84 Å². The molecular weight excluding hydrogens is 303 g/mol. The molecule has 0 spiro atoms. The quantitative estimate of drug-likeness (QED) is 0.903. The molecule has 1 aliphatic rings. The molecule has 5 heteroatoms. The van der Waals surface area contributed by atoms with Gasteiger partial charge in [-0.1, -0.05) is 0 Å². The van der Waals surface area contributed by atoms with Gasteiger partial charge >= 0.3 is 5.97 Å². The highest BCUT2D eigenvalue weighted by Crippen LogP contribution is 2.35. The van der Waals surface area contributed by atoms with Crippen molar-refractivity contribution in [2.24, 2.45) is 0 Å². The first-order valence-corrected chi connectivity index (χ1v) is 6.72. The highest BCUT2D eigenvalue weighted by atomic mass is 79.9. The van der Waals surface area contributed by atoms with Gasteiger partial charge in [-0.25, -0.2) is 4.39 Å². The van der Waals surface area contributed by atoms with E-state index in [2.05, 4.69) is 15.9 Å². The minimum Gasteiger partial charge on any atom is -0.489 e. The van der Waals surface area contributed by atoms with Crippen molar-refractivity contribution in [3.05, 3.63) is 28.0 Å². The van der Waals surface area contributed by atoms with E-state index in [0.717, 1.165) is 19.3 Å². The lowest BCUT2D eigenvalue weighted by Crippen LogP contribution is -2.25. The van der Waals surface area contributed by atoms with E-state index in [1.165, 1.54) is 12.1 Å². The summed E-state index contributed by atoms with van der Waals surface area (Å²) in [6.07, 6.45) is 3.57. The Kier molecular flexibility index (Phi) is 4.22. The van der Waals surface area contributed by atoms with Crippen LogP contribution in [0.15, 0.2) is 16.6 Å². The van der Waals surface area contributed by atoms with E-state index < -0.39 is 5.97 Å². The highest BCUT2D eigenvalue weighted by Gasteiger charge is 2.22. The molecule has 0 unspecified atom stereocenters. The monoisotopic (exact) mass is 316 g/mol. The largest absolute Gasteiger partial charge is 0.489 e. The molecular formula is C13H14BrFO3. The van der Waals surface area contributed by atoms with Crippen molar-refractivity contribution in [2.45, 2.75) is 38.2 Å². The highest BCUT2D eigenvalue weighted by molar-refractivity contribution is 9.10. The number of hydrogen-bond acceptors (Lipinski definition) is 2. The Balaban J connectivity index is 2.19. The van der Waals surface area contributed by atoms with Gasteiger partial charge in [-0.05, 0) is 59.3 Å². The molecule has 0 radical (unpaired) electrons. The molecule has 0 aliphatic heterocycles. The van der Waals surface area contributed by atoms with Gasteiger partial charge in [0.25, 0.3) is 0 Å². The van der Waals surface area contributed by atoms with Crippen LogP contribution in [0.2, 0.25) is 0 Å². The van der Waals surface area contributed by atoms with Gasteiger partial charge in [0.2, 0.25) is 0 Å². The number of ether oxygens (including phenoxy) is 1. The van der Waals surface area contributed by atoms with Gasteiger partial charge < -0.3 is 9.84 Å². The lowest BCUT2D eigenvalue weighted by molar-refractivity contribution is -0.136. The van der Waals surface area contributed by atoms with Crippen molar-refractivity contribution < 1.29 is 19.0 Å². The predicted molar refractivity (Wildman–Crippen MR) is 68.3 cm³/mol. The Hall–Kier alpha value is -1.10. The standard InChI is InChI=1S/C13H14BrFO3/c14-11-7-9(15)6-8(4-5-12(16)17)13(11)18-10-2-1-3-10/h6-7,10H,1-5H2,(H,16,17). The summed E-state index contributed by atoms with van der Waals surface area (Å²) in [6.45, 7) is 0. The van der Waals surface area contributed by atoms with Crippen LogP contribution in [0, 0.1) is 5.82 Å². The van der Waals surface area contributed by atoms with Crippen molar-refractivity contribution in [1.82, 2.24) is 0 Å². The normalized spacial score (nSPS) is 15.2. The molecule has 0 atom stereocenters. The molecule has 0 bridgehead atoms. The first kappa shape index (κ1) is 13.3. The van der Waals surface area contributed by atoms with Gasteiger partial charge in [0.05, 0.1) is 10.6 Å². The SMILES string of the molecule is O=C(O)CCc1cc(F)cc(Br)c1OC1CCC1. The first-order chi connectivity index (χ1) is 8.56. The number of benzene rings is 1. The molecule has 1 aromatic carbocycles. The van der Waals surface area contributed by atoms with E-state index >= 15 is 0 Å². The van der Waals surface area contributed by atoms with E-state index in [-0.39, 0.29) is 24.8 Å². The topological polar surface area (TPSA) is 46.5 Å². The summed E-state index contributed by atoms with van der Waals surface area (Å²) in [6, 6.07) is 2.69. The van der Waals surface area contributed by atoms with E-state index in [0.29, 0.717) is 15.8 Å². The van der Waals surface area contributed by atoms with Gasteiger partial charge in [-0.2, -0.15) is 0 Å². The summed E-state index contributed by atoms with van der Waals surface area (Å²) in [5.41, 5.74) is 0.608. The van der Waals surface area contributed by atoms with E-state index in [9.17, 15) is 9.18 Å². The zero-order chi connectivity index (χ0) is 13.1. The van der Waals surface area contributed by atoms with Crippen LogP contribution in [-0.2, 0) is 11.2 Å². The molecule has 3 nitrogen and oxygen atoms in total. The fourth-order valence-electron chi connectivity index (χ4n) is 1.83. The second-order valence-electron chi connectivity index (χ2n) is 4.44. The molecule has 98 valence electrons. The number of carboxylic acids is 1. The number of hydrogen-bond donors (Lipinski definition) is 1. The average molecular weight is 317 g/mol. The summed E-state index contributed by atoms with van der Waals surface area (Å²) in [5.74, 6) is -0.699. The number of aliphatic carboxylic acids is 1. The molecule has 1 saturated carbocycles. The lowest BCUT2D eigenvalue weighted by atomic mass is 9.96. The fraction of sp³-hybridized carbons (Fsp3) is 0.462. The molecule has 0 heterocycles. The van der Waals surface area contributed by atoms with Crippen LogP contribution >= 0.6 is 15.9 Å². The minimum atomic E-state index is -0.898. The Labute approximate surface area is 113 Å². The predicted octanol–water partition coefficient (Wildman–Crippen LogP) is 3.54. The maximum Gasteiger partial charge on any atom is 0.303 e. The Morgan fingerprint density at radius 3 is 2.78 bits per heavy atom. The lowest BCUT2D eigenvalue weighted by Gasteiger charge is -2.28. The third-order valence-corrected chi connectivity index (χ3v) is 3.62. The van der Waals surface area contributed by atoms with Crippen molar-refractivity contribution in [1.29, 1.82) is 0 Å². The molecule has 0 amide bonds. The van der Waals surface area contributed by atoms with Crippen molar-refractivity contribution >= 4 is 21.9 Å². The van der Waals surface area contributed by atoms with Crippen LogP contribution in [0.5, 0.6) is 5.75 Å². The van der Waals surface area contributed by atoms with Crippen LogP contribution in [0.25, 0.3) is 0 Å². The molecule has 1 aromatic rings. The molecule has 0 aromatic heterocycles. The number of carboxylic acid groups (broad SMARTS) is 1. The van der Waals surface area contributed by atoms with Gasteiger partial charge in [0.15, 0.2) is 0 Å². The van der Waals surface area contributed by atoms with E-state index in [1.54, 1.807) is 0 Å². The first-order valence-electron chi connectivity index (χ1n) is 5.92. The third-order valence-electron chi connectivity index (χ3n) is 3.03. The Morgan fingerprint density at radius 2 is 2.22 bits per heavy atom. The molecule has 0 saturated heterocycles. The number of rotatable bonds is 5. The maximum absolute atomic E-state index is 13.3. The summed E-state index contributed by atoms with van der Waals surface area (Å²) in [7, 11) is 0. The van der Waals surface area contributed by atoms with Crippen LogP contribution in [-0.4, -0.2) is 17.2 Å². The summed E-state index contributed by atoms with van der Waals surface area (Å²) in [5, 5.41) is 8.70. The zero-order valence-electron chi connectivity index (χ0n) is 9.79. The summed E-state index contributed by atoms with van der Waals surface area (Å²) >= 11 is 3.27. The molecule has 1 fully saturated rings. The molecule has 1 N–H and O–H groups in total. The summed E-state index contributed by atoms with van der Waals surface area (Å²) in [4.78, 5) is 10.6. The molecule has 18 heavy (non-hydrogen) atoms. The third kappa shape index (κ3) is 3.22. The maximum atomic E-state index is 13.3. The molecule has 1 aliphatic carbocycles. The average Bonchev–Trinajstić information content (AvgIpc) is 2.22. The smallest absolute Gasteiger partial charge is 0.303 e. The van der Waals surface area contributed by atoms with Crippen molar-refractivity contribution in [3.63, 3.8) is 0 Å². The van der Waals surface area contributed by atoms with Crippen LogP contribution in [0.3, 0.4) is 0 Å². The fourth-order valence-corrected chi connectivity index (χ4v) is 2.40. The minimum absolute atomic E-state index is 0.0308.